The van der Waals surface area contributed by atoms with Gasteiger partial charge in [0, 0.05) is 6.04 Å². The Bertz CT molecular complexity index is 359. The number of aliphatic carboxylic acids is 1. The van der Waals surface area contributed by atoms with Gasteiger partial charge in [-0.25, -0.2) is 9.59 Å². The lowest BCUT2D eigenvalue weighted by atomic mass is 9.76. The molecule has 5 heteroatoms. The number of amides is 2. The molecule has 0 heterocycles. The van der Waals surface area contributed by atoms with Crippen LogP contribution in [0.4, 0.5) is 4.79 Å². The average molecular weight is 284 g/mol. The molecule has 3 N–H and O–H groups in total. The number of rotatable bonds is 5. The Labute approximate surface area is 121 Å². The largest absolute Gasteiger partial charge is 0.480 e. The topological polar surface area (TPSA) is 78.4 Å². The van der Waals surface area contributed by atoms with Gasteiger partial charge in [0.1, 0.15) is 5.54 Å². The third-order valence-corrected chi connectivity index (χ3v) is 4.62. The summed E-state index contributed by atoms with van der Waals surface area (Å²) in [6.45, 7) is 8.13. The number of carbonyl (C=O) groups excluding carboxylic acids is 1. The summed E-state index contributed by atoms with van der Waals surface area (Å²) in [7, 11) is 0. The standard InChI is InChI=1S/C15H28N2O3/c1-5-11(3)12(4)16-14(20)17-15(13(18)19)8-6-7-10(2)9-15/h10-12H,5-9H2,1-4H3,(H,18,19)(H2,16,17,20). The smallest absolute Gasteiger partial charge is 0.329 e. The number of urea groups is 1. The normalized spacial score (nSPS) is 29.3. The molecule has 1 rings (SSSR count). The molecule has 1 aliphatic carbocycles. The minimum atomic E-state index is -1.10. The van der Waals surface area contributed by atoms with Gasteiger partial charge in [-0.2, -0.15) is 0 Å². The Hall–Kier alpha value is -1.26. The molecule has 0 aromatic carbocycles. The second-order valence-electron chi connectivity index (χ2n) is 6.36. The molecule has 1 aliphatic rings. The average Bonchev–Trinajstić information content (AvgIpc) is 2.37. The maximum Gasteiger partial charge on any atom is 0.329 e. The molecule has 2 amide bonds. The second kappa shape index (κ2) is 6.95. The lowest BCUT2D eigenvalue weighted by molar-refractivity contribution is -0.146. The highest BCUT2D eigenvalue weighted by molar-refractivity contribution is 5.86. The van der Waals surface area contributed by atoms with Crippen molar-refractivity contribution in [3.63, 3.8) is 0 Å². The fourth-order valence-corrected chi connectivity index (χ4v) is 2.87. The maximum absolute atomic E-state index is 12.1. The number of carbonyl (C=O) groups is 2. The molecule has 5 nitrogen and oxygen atoms in total. The minimum Gasteiger partial charge on any atom is -0.480 e. The van der Waals surface area contributed by atoms with Gasteiger partial charge in [0.2, 0.25) is 0 Å². The Morgan fingerprint density at radius 2 is 2.05 bits per heavy atom. The molecular formula is C15H28N2O3. The summed E-state index contributed by atoms with van der Waals surface area (Å²) in [5, 5.41) is 15.1. The van der Waals surface area contributed by atoms with E-state index in [0.717, 1.165) is 19.3 Å². The van der Waals surface area contributed by atoms with Gasteiger partial charge < -0.3 is 15.7 Å². The Morgan fingerprint density at radius 1 is 1.40 bits per heavy atom. The fourth-order valence-electron chi connectivity index (χ4n) is 2.87. The summed E-state index contributed by atoms with van der Waals surface area (Å²) >= 11 is 0. The number of hydrogen-bond donors (Lipinski definition) is 3. The van der Waals surface area contributed by atoms with E-state index < -0.39 is 11.5 Å². The minimum absolute atomic E-state index is 0.0341. The number of hydrogen-bond acceptors (Lipinski definition) is 2. The van der Waals surface area contributed by atoms with Crippen LogP contribution in [0.3, 0.4) is 0 Å². The molecule has 20 heavy (non-hydrogen) atoms. The van der Waals surface area contributed by atoms with E-state index in [9.17, 15) is 14.7 Å². The van der Waals surface area contributed by atoms with Crippen molar-refractivity contribution in [1.82, 2.24) is 10.6 Å². The summed E-state index contributed by atoms with van der Waals surface area (Å²) < 4.78 is 0. The van der Waals surface area contributed by atoms with Gasteiger partial charge in [-0.15, -0.1) is 0 Å². The van der Waals surface area contributed by atoms with E-state index in [1.807, 2.05) is 13.8 Å². The van der Waals surface area contributed by atoms with E-state index in [1.54, 1.807) is 0 Å². The summed E-state index contributed by atoms with van der Waals surface area (Å²) in [6, 6.07) is -0.332. The first-order valence-electron chi connectivity index (χ1n) is 7.62. The Balaban J connectivity index is 2.67. The molecule has 116 valence electrons. The van der Waals surface area contributed by atoms with E-state index in [2.05, 4.69) is 24.5 Å². The van der Waals surface area contributed by atoms with Crippen molar-refractivity contribution in [2.24, 2.45) is 11.8 Å². The molecule has 0 aliphatic heterocycles. The third-order valence-electron chi connectivity index (χ3n) is 4.62. The van der Waals surface area contributed by atoms with Gasteiger partial charge in [-0.3, -0.25) is 0 Å². The molecule has 1 fully saturated rings. The third kappa shape index (κ3) is 4.12. The van der Waals surface area contributed by atoms with Crippen LogP contribution < -0.4 is 10.6 Å². The van der Waals surface area contributed by atoms with Gasteiger partial charge >= 0.3 is 12.0 Å². The van der Waals surface area contributed by atoms with E-state index >= 15 is 0 Å². The highest BCUT2D eigenvalue weighted by atomic mass is 16.4. The van der Waals surface area contributed by atoms with Crippen LogP contribution in [0.5, 0.6) is 0 Å². The monoisotopic (exact) mass is 284 g/mol. The zero-order valence-corrected chi connectivity index (χ0v) is 13.0. The number of carboxylic acids is 1. The van der Waals surface area contributed by atoms with E-state index in [-0.39, 0.29) is 12.1 Å². The van der Waals surface area contributed by atoms with Crippen LogP contribution in [0, 0.1) is 11.8 Å². The predicted molar refractivity (Wildman–Crippen MR) is 78.6 cm³/mol. The zero-order chi connectivity index (χ0) is 15.3. The van der Waals surface area contributed by atoms with Crippen LogP contribution in [-0.4, -0.2) is 28.7 Å². The molecule has 0 bridgehead atoms. The molecule has 1 saturated carbocycles. The summed E-state index contributed by atoms with van der Waals surface area (Å²) in [6.07, 6.45) is 3.87. The van der Waals surface area contributed by atoms with Crippen LogP contribution in [0.2, 0.25) is 0 Å². The van der Waals surface area contributed by atoms with Crippen molar-refractivity contribution >= 4 is 12.0 Å². The van der Waals surface area contributed by atoms with Gasteiger partial charge in [0.15, 0.2) is 0 Å². The van der Waals surface area contributed by atoms with Gasteiger partial charge in [-0.1, -0.05) is 40.0 Å². The van der Waals surface area contributed by atoms with Crippen LogP contribution in [-0.2, 0) is 4.79 Å². The summed E-state index contributed by atoms with van der Waals surface area (Å²) in [4.78, 5) is 23.7. The van der Waals surface area contributed by atoms with Crippen LogP contribution in [0.15, 0.2) is 0 Å². The van der Waals surface area contributed by atoms with Crippen molar-refractivity contribution in [2.45, 2.75) is 71.4 Å². The Kier molecular flexibility index (Phi) is 5.84. The molecule has 0 spiro atoms. The van der Waals surface area contributed by atoms with Crippen molar-refractivity contribution in [2.75, 3.05) is 0 Å². The summed E-state index contributed by atoms with van der Waals surface area (Å²) in [5.74, 6) is -0.227. The van der Waals surface area contributed by atoms with Crippen molar-refractivity contribution in [3.8, 4) is 0 Å². The zero-order valence-electron chi connectivity index (χ0n) is 13.0. The molecule has 4 atom stereocenters. The van der Waals surface area contributed by atoms with Crippen LogP contribution in [0.25, 0.3) is 0 Å². The maximum atomic E-state index is 12.1. The lowest BCUT2D eigenvalue weighted by Crippen LogP contribution is -2.60. The van der Waals surface area contributed by atoms with Crippen molar-refractivity contribution < 1.29 is 14.7 Å². The highest BCUT2D eigenvalue weighted by Crippen LogP contribution is 2.32. The van der Waals surface area contributed by atoms with E-state index in [1.165, 1.54) is 0 Å². The van der Waals surface area contributed by atoms with Crippen molar-refractivity contribution in [3.05, 3.63) is 0 Å². The lowest BCUT2D eigenvalue weighted by Gasteiger charge is -2.37. The molecule has 0 saturated heterocycles. The van der Waals surface area contributed by atoms with Gasteiger partial charge in [0.25, 0.3) is 0 Å². The molecule has 0 aromatic rings. The van der Waals surface area contributed by atoms with E-state index in [4.69, 9.17) is 0 Å². The first kappa shape index (κ1) is 16.8. The number of nitrogens with one attached hydrogen (secondary N) is 2. The molecule has 0 aromatic heterocycles. The first-order valence-corrected chi connectivity index (χ1v) is 7.62. The molecule has 4 unspecified atom stereocenters. The first-order chi connectivity index (χ1) is 9.30. The predicted octanol–water partition coefficient (Wildman–Crippen LogP) is 2.75. The Morgan fingerprint density at radius 3 is 2.55 bits per heavy atom. The number of carboxylic acid groups (broad SMARTS) is 1. The van der Waals surface area contributed by atoms with Crippen molar-refractivity contribution in [1.29, 1.82) is 0 Å². The fraction of sp³-hybridized carbons (Fsp3) is 0.867. The second-order valence-corrected chi connectivity index (χ2v) is 6.36. The van der Waals surface area contributed by atoms with E-state index in [0.29, 0.717) is 24.7 Å². The van der Waals surface area contributed by atoms with Crippen LogP contribution in [0.1, 0.15) is 59.8 Å². The highest BCUT2D eigenvalue weighted by Gasteiger charge is 2.43. The molecular weight excluding hydrogens is 256 g/mol. The van der Waals surface area contributed by atoms with Gasteiger partial charge in [-0.05, 0) is 31.6 Å². The quantitative estimate of drug-likeness (QED) is 0.726. The summed E-state index contributed by atoms with van der Waals surface area (Å²) in [5.41, 5.74) is -1.10. The SMILES string of the molecule is CCC(C)C(C)NC(=O)NC1(C(=O)O)CCCC(C)C1. The van der Waals surface area contributed by atoms with Gasteiger partial charge in [0.05, 0.1) is 0 Å². The van der Waals surface area contributed by atoms with Crippen LogP contribution >= 0.6 is 0 Å². The molecule has 0 radical (unpaired) electrons.